The summed E-state index contributed by atoms with van der Waals surface area (Å²) in [5.41, 5.74) is 6.74. The molecule has 21 heavy (non-hydrogen) atoms. The molecule has 1 aromatic rings. The summed E-state index contributed by atoms with van der Waals surface area (Å²) >= 11 is 0. The van der Waals surface area contributed by atoms with Gasteiger partial charge < -0.3 is 5.73 Å². The number of sulfonamides is 1. The molecule has 1 saturated carbocycles. The van der Waals surface area contributed by atoms with Crippen LogP contribution in [-0.4, -0.2) is 30.8 Å². The molecule has 6 nitrogen and oxygen atoms in total. The van der Waals surface area contributed by atoms with Crippen LogP contribution in [0, 0.1) is 19.8 Å². The first-order chi connectivity index (χ1) is 9.85. The summed E-state index contributed by atoms with van der Waals surface area (Å²) in [6.45, 7) is 6.67. The molecule has 3 N–H and O–H groups in total. The van der Waals surface area contributed by atoms with Crippen molar-refractivity contribution in [3.63, 3.8) is 0 Å². The third-order valence-corrected chi connectivity index (χ3v) is 5.95. The molecule has 0 amide bonds. The molecule has 7 heteroatoms. The number of nitrogens with zero attached hydrogens (tertiary/aromatic N) is 2. The summed E-state index contributed by atoms with van der Waals surface area (Å²) < 4.78 is 29.9. The molecule has 1 aromatic heterocycles. The number of rotatable bonds is 5. The Morgan fingerprint density at radius 1 is 1.38 bits per heavy atom. The Morgan fingerprint density at radius 3 is 2.71 bits per heavy atom. The van der Waals surface area contributed by atoms with Crippen LogP contribution in [0.4, 0.5) is 0 Å². The van der Waals surface area contributed by atoms with Crippen molar-refractivity contribution in [3.8, 4) is 0 Å². The molecule has 0 saturated heterocycles. The highest BCUT2D eigenvalue weighted by Gasteiger charge is 2.29. The van der Waals surface area contributed by atoms with Gasteiger partial charge in [0.15, 0.2) is 0 Å². The minimum atomic E-state index is -3.52. The van der Waals surface area contributed by atoms with E-state index in [9.17, 15) is 8.42 Å². The quantitative estimate of drug-likeness (QED) is 0.857. The van der Waals surface area contributed by atoms with Crippen LogP contribution in [0.2, 0.25) is 0 Å². The van der Waals surface area contributed by atoms with Crippen LogP contribution < -0.4 is 10.5 Å². The SMILES string of the molecule is Cc1nn(CCN)c(C)c1S(=O)(=O)NC1CCCC(C)C1. The van der Waals surface area contributed by atoms with Crippen LogP contribution in [0.1, 0.15) is 44.0 Å². The van der Waals surface area contributed by atoms with Crippen LogP contribution in [0.3, 0.4) is 0 Å². The zero-order chi connectivity index (χ0) is 15.6. The predicted octanol–water partition coefficient (Wildman–Crippen LogP) is 1.32. The third kappa shape index (κ3) is 3.64. The molecule has 2 rings (SSSR count). The fraction of sp³-hybridized carbons (Fsp3) is 0.786. The molecular formula is C14H26N4O2S. The molecule has 1 fully saturated rings. The lowest BCUT2D eigenvalue weighted by atomic mass is 9.88. The van der Waals surface area contributed by atoms with E-state index >= 15 is 0 Å². The van der Waals surface area contributed by atoms with Crippen molar-refractivity contribution in [1.29, 1.82) is 0 Å². The van der Waals surface area contributed by atoms with E-state index in [-0.39, 0.29) is 6.04 Å². The lowest BCUT2D eigenvalue weighted by Crippen LogP contribution is -2.38. The monoisotopic (exact) mass is 314 g/mol. The fourth-order valence-electron chi connectivity index (χ4n) is 3.23. The van der Waals surface area contributed by atoms with Gasteiger partial charge in [0.2, 0.25) is 10.0 Å². The van der Waals surface area contributed by atoms with Crippen molar-refractivity contribution in [2.45, 2.75) is 63.9 Å². The van der Waals surface area contributed by atoms with Crippen LogP contribution in [-0.2, 0) is 16.6 Å². The summed E-state index contributed by atoms with van der Waals surface area (Å²) in [5.74, 6) is 0.577. The minimum absolute atomic E-state index is 0.0374. The molecule has 2 atom stereocenters. The van der Waals surface area contributed by atoms with Gasteiger partial charge in [-0.05, 0) is 32.6 Å². The van der Waals surface area contributed by atoms with Crippen LogP contribution >= 0.6 is 0 Å². The van der Waals surface area contributed by atoms with E-state index in [4.69, 9.17) is 5.73 Å². The summed E-state index contributed by atoms with van der Waals surface area (Å²) in [6.07, 6.45) is 4.09. The highest BCUT2D eigenvalue weighted by molar-refractivity contribution is 7.89. The average molecular weight is 314 g/mol. The van der Waals surface area contributed by atoms with Gasteiger partial charge in [-0.3, -0.25) is 4.68 Å². The number of hydrogen-bond donors (Lipinski definition) is 2. The highest BCUT2D eigenvalue weighted by Crippen LogP contribution is 2.26. The molecule has 2 unspecified atom stereocenters. The van der Waals surface area contributed by atoms with Crippen molar-refractivity contribution in [2.24, 2.45) is 11.7 Å². The predicted molar refractivity (Wildman–Crippen MR) is 82.5 cm³/mol. The Labute approximate surface area is 127 Å². The van der Waals surface area contributed by atoms with Gasteiger partial charge in [-0.2, -0.15) is 5.10 Å². The number of hydrogen-bond acceptors (Lipinski definition) is 4. The maximum Gasteiger partial charge on any atom is 0.244 e. The van der Waals surface area contributed by atoms with E-state index < -0.39 is 10.0 Å². The second-order valence-corrected chi connectivity index (χ2v) is 7.75. The zero-order valence-corrected chi connectivity index (χ0v) is 13.9. The van der Waals surface area contributed by atoms with Gasteiger partial charge >= 0.3 is 0 Å². The molecule has 1 aliphatic rings. The molecule has 1 heterocycles. The van der Waals surface area contributed by atoms with E-state index in [1.54, 1.807) is 18.5 Å². The van der Waals surface area contributed by atoms with Crippen molar-refractivity contribution in [3.05, 3.63) is 11.4 Å². The van der Waals surface area contributed by atoms with E-state index in [0.29, 0.717) is 35.3 Å². The van der Waals surface area contributed by atoms with Crippen LogP contribution in [0.15, 0.2) is 4.90 Å². The minimum Gasteiger partial charge on any atom is -0.329 e. The maximum absolute atomic E-state index is 12.7. The van der Waals surface area contributed by atoms with Crippen LogP contribution in [0.5, 0.6) is 0 Å². The second-order valence-electron chi connectivity index (χ2n) is 6.10. The second kappa shape index (κ2) is 6.46. The normalized spacial score (nSPS) is 23.4. The van der Waals surface area contributed by atoms with Gasteiger partial charge in [-0.1, -0.05) is 19.8 Å². The number of aromatic nitrogens is 2. The van der Waals surface area contributed by atoms with Gasteiger partial charge in [0.25, 0.3) is 0 Å². The van der Waals surface area contributed by atoms with Gasteiger partial charge in [0.05, 0.1) is 17.9 Å². The summed E-state index contributed by atoms with van der Waals surface area (Å²) in [5, 5.41) is 4.29. The highest BCUT2D eigenvalue weighted by atomic mass is 32.2. The molecule has 0 bridgehead atoms. The van der Waals surface area contributed by atoms with Gasteiger partial charge in [-0.15, -0.1) is 0 Å². The fourth-order valence-corrected chi connectivity index (χ4v) is 4.92. The Balaban J connectivity index is 2.23. The Morgan fingerprint density at radius 2 is 2.10 bits per heavy atom. The lowest BCUT2D eigenvalue weighted by Gasteiger charge is -2.27. The topological polar surface area (TPSA) is 90.0 Å². The van der Waals surface area contributed by atoms with E-state index in [0.717, 1.165) is 19.3 Å². The summed E-state index contributed by atoms with van der Waals surface area (Å²) in [4.78, 5) is 0.314. The van der Waals surface area contributed by atoms with Crippen molar-refractivity contribution < 1.29 is 8.42 Å². The van der Waals surface area contributed by atoms with E-state index in [1.807, 2.05) is 0 Å². The van der Waals surface area contributed by atoms with Crippen molar-refractivity contribution in [1.82, 2.24) is 14.5 Å². The molecule has 120 valence electrons. The molecule has 0 aliphatic heterocycles. The van der Waals surface area contributed by atoms with Crippen molar-refractivity contribution >= 4 is 10.0 Å². The van der Waals surface area contributed by atoms with Gasteiger partial charge in [0.1, 0.15) is 4.90 Å². The van der Waals surface area contributed by atoms with Crippen LogP contribution in [0.25, 0.3) is 0 Å². The molecular weight excluding hydrogens is 288 g/mol. The zero-order valence-electron chi connectivity index (χ0n) is 13.1. The Kier molecular flexibility index (Phi) is 5.06. The largest absolute Gasteiger partial charge is 0.329 e. The van der Waals surface area contributed by atoms with Gasteiger partial charge in [0, 0.05) is 12.6 Å². The maximum atomic E-state index is 12.7. The smallest absolute Gasteiger partial charge is 0.244 e. The first kappa shape index (κ1) is 16.5. The first-order valence-electron chi connectivity index (χ1n) is 7.61. The standard InChI is InChI=1S/C14H26N4O2S/c1-10-5-4-6-13(9-10)17-21(19,20)14-11(2)16-18(8-7-15)12(14)3/h10,13,17H,4-9,15H2,1-3H3. The number of aryl methyl sites for hydroxylation is 1. The Hall–Kier alpha value is -0.920. The molecule has 0 radical (unpaired) electrons. The Bertz CT molecular complexity index is 594. The third-order valence-electron chi connectivity index (χ3n) is 4.18. The van der Waals surface area contributed by atoms with Crippen molar-refractivity contribution in [2.75, 3.05) is 6.54 Å². The molecule has 0 aromatic carbocycles. The van der Waals surface area contributed by atoms with E-state index in [2.05, 4.69) is 16.7 Å². The summed E-state index contributed by atoms with van der Waals surface area (Å²) in [7, 11) is -3.52. The lowest BCUT2D eigenvalue weighted by molar-refractivity contribution is 0.327. The van der Waals surface area contributed by atoms with Gasteiger partial charge in [-0.25, -0.2) is 13.1 Å². The summed E-state index contributed by atoms with van der Waals surface area (Å²) in [6, 6.07) is 0.0374. The number of nitrogens with one attached hydrogen (secondary N) is 1. The molecule has 0 spiro atoms. The number of nitrogens with two attached hydrogens (primary N) is 1. The first-order valence-corrected chi connectivity index (χ1v) is 9.10. The molecule has 1 aliphatic carbocycles. The average Bonchev–Trinajstić information content (AvgIpc) is 2.64. The van der Waals surface area contributed by atoms with E-state index in [1.165, 1.54) is 6.42 Å².